The number of carboxylic acids is 1. The number of carbonyl (C=O) groups is 2. The third kappa shape index (κ3) is 4.53. The van der Waals surface area contributed by atoms with Crippen LogP contribution in [0.4, 0.5) is 0 Å². The fraction of sp³-hybridized carbons (Fsp3) is 0.467. The van der Waals surface area contributed by atoms with Crippen LogP contribution in [0.15, 0.2) is 24.3 Å². The molecule has 0 radical (unpaired) electrons. The molecule has 1 saturated carbocycles. The van der Waals surface area contributed by atoms with E-state index >= 15 is 0 Å². The predicted molar refractivity (Wildman–Crippen MR) is 76.7 cm³/mol. The lowest BCUT2D eigenvalue weighted by Gasteiger charge is -2.13. The van der Waals surface area contributed by atoms with E-state index in [4.69, 9.17) is 16.7 Å². The zero-order valence-electron chi connectivity index (χ0n) is 11.1. The van der Waals surface area contributed by atoms with Gasteiger partial charge in [0.15, 0.2) is 0 Å². The molecule has 108 valence electrons. The first-order chi connectivity index (χ1) is 9.56. The highest BCUT2D eigenvalue weighted by molar-refractivity contribution is 6.30. The Hall–Kier alpha value is -1.55. The molecule has 1 unspecified atom stereocenters. The average molecular weight is 296 g/mol. The van der Waals surface area contributed by atoms with Gasteiger partial charge >= 0.3 is 5.97 Å². The molecule has 0 aromatic heterocycles. The summed E-state index contributed by atoms with van der Waals surface area (Å²) in [4.78, 5) is 22.8. The number of amides is 1. The highest BCUT2D eigenvalue weighted by Crippen LogP contribution is 2.32. The number of hydrogen-bond donors (Lipinski definition) is 2. The Balaban J connectivity index is 1.72. The van der Waals surface area contributed by atoms with Gasteiger partial charge in [-0.2, -0.15) is 0 Å². The van der Waals surface area contributed by atoms with Crippen molar-refractivity contribution in [3.8, 4) is 0 Å². The van der Waals surface area contributed by atoms with Crippen molar-refractivity contribution in [1.29, 1.82) is 0 Å². The highest BCUT2D eigenvalue weighted by atomic mass is 35.5. The van der Waals surface area contributed by atoms with Crippen LogP contribution >= 0.6 is 11.6 Å². The van der Waals surface area contributed by atoms with Gasteiger partial charge in [0, 0.05) is 11.4 Å². The van der Waals surface area contributed by atoms with E-state index in [1.807, 2.05) is 24.3 Å². The summed E-state index contributed by atoms with van der Waals surface area (Å²) in [6.07, 6.45) is 3.61. The molecule has 0 heterocycles. The molecule has 1 aliphatic carbocycles. The zero-order chi connectivity index (χ0) is 14.5. The second-order valence-electron chi connectivity index (χ2n) is 5.20. The van der Waals surface area contributed by atoms with Crippen molar-refractivity contribution in [3.05, 3.63) is 34.9 Å². The second kappa shape index (κ2) is 6.75. The molecule has 1 aromatic rings. The molecule has 1 atom stereocenters. The number of carboxylic acid groups (broad SMARTS) is 1. The zero-order valence-corrected chi connectivity index (χ0v) is 11.9. The number of rotatable bonds is 7. The number of nitrogens with one attached hydrogen (secondary N) is 1. The van der Waals surface area contributed by atoms with Crippen LogP contribution in [0.25, 0.3) is 0 Å². The second-order valence-corrected chi connectivity index (χ2v) is 5.64. The standard InChI is InChI=1S/C15H18ClNO3/c16-12-8-4-10(5-9-12)2-1-3-13(18)17-14(15(19)20)11-6-7-11/h4-5,8-9,11,14H,1-3,6-7H2,(H,17,18)(H,19,20). The Bertz CT molecular complexity index is 482. The highest BCUT2D eigenvalue weighted by Gasteiger charge is 2.37. The molecule has 1 aliphatic rings. The van der Waals surface area contributed by atoms with Gasteiger partial charge in [-0.15, -0.1) is 0 Å². The van der Waals surface area contributed by atoms with E-state index in [-0.39, 0.29) is 11.8 Å². The maximum atomic E-state index is 11.7. The van der Waals surface area contributed by atoms with E-state index in [9.17, 15) is 9.59 Å². The van der Waals surface area contributed by atoms with Gasteiger partial charge in [0.1, 0.15) is 6.04 Å². The quantitative estimate of drug-likeness (QED) is 0.812. The minimum Gasteiger partial charge on any atom is -0.480 e. The molecular weight excluding hydrogens is 278 g/mol. The maximum Gasteiger partial charge on any atom is 0.326 e. The fourth-order valence-corrected chi connectivity index (χ4v) is 2.29. The molecule has 4 nitrogen and oxygen atoms in total. The largest absolute Gasteiger partial charge is 0.480 e. The first-order valence-corrected chi connectivity index (χ1v) is 7.20. The fourth-order valence-electron chi connectivity index (χ4n) is 2.16. The lowest BCUT2D eigenvalue weighted by atomic mass is 10.1. The molecular formula is C15H18ClNO3. The topological polar surface area (TPSA) is 66.4 Å². The monoisotopic (exact) mass is 295 g/mol. The molecule has 0 spiro atoms. The molecule has 5 heteroatoms. The van der Waals surface area contributed by atoms with Gasteiger partial charge in [-0.3, -0.25) is 4.79 Å². The van der Waals surface area contributed by atoms with Crippen LogP contribution in [0.1, 0.15) is 31.2 Å². The molecule has 0 saturated heterocycles. The van der Waals surface area contributed by atoms with E-state index in [0.29, 0.717) is 17.9 Å². The summed E-state index contributed by atoms with van der Waals surface area (Å²) >= 11 is 5.80. The first kappa shape index (κ1) is 14.9. The Morgan fingerprint density at radius 1 is 1.30 bits per heavy atom. The Kier molecular flexibility index (Phi) is 5.01. The van der Waals surface area contributed by atoms with Crippen LogP contribution < -0.4 is 5.32 Å². The summed E-state index contributed by atoms with van der Waals surface area (Å²) in [7, 11) is 0. The van der Waals surface area contributed by atoms with E-state index < -0.39 is 12.0 Å². The molecule has 1 amide bonds. The van der Waals surface area contributed by atoms with Crippen molar-refractivity contribution in [3.63, 3.8) is 0 Å². The van der Waals surface area contributed by atoms with E-state index in [2.05, 4.69) is 5.32 Å². The number of halogens is 1. The Morgan fingerprint density at radius 3 is 2.50 bits per heavy atom. The van der Waals surface area contributed by atoms with Crippen molar-refractivity contribution < 1.29 is 14.7 Å². The summed E-state index contributed by atoms with van der Waals surface area (Å²) in [5, 5.41) is 12.3. The minimum absolute atomic E-state index is 0.118. The molecule has 2 N–H and O–H groups in total. The van der Waals surface area contributed by atoms with Gasteiger partial charge in [-0.05, 0) is 49.3 Å². The lowest BCUT2D eigenvalue weighted by Crippen LogP contribution is -2.42. The van der Waals surface area contributed by atoms with Crippen LogP contribution in [0, 0.1) is 5.92 Å². The summed E-state index contributed by atoms with van der Waals surface area (Å²) in [6.45, 7) is 0. The van der Waals surface area contributed by atoms with E-state index in [1.54, 1.807) is 0 Å². The minimum atomic E-state index is -0.932. The summed E-state index contributed by atoms with van der Waals surface area (Å²) in [5.41, 5.74) is 1.12. The van der Waals surface area contributed by atoms with Crippen molar-refractivity contribution in [1.82, 2.24) is 5.32 Å². The van der Waals surface area contributed by atoms with E-state index in [1.165, 1.54) is 0 Å². The molecule has 2 rings (SSSR count). The molecule has 0 aliphatic heterocycles. The van der Waals surface area contributed by atoms with Crippen LogP contribution in [0.2, 0.25) is 5.02 Å². The Morgan fingerprint density at radius 2 is 1.95 bits per heavy atom. The van der Waals surface area contributed by atoms with Crippen LogP contribution in [0.5, 0.6) is 0 Å². The summed E-state index contributed by atoms with van der Waals surface area (Å²) in [5.74, 6) is -0.996. The lowest BCUT2D eigenvalue weighted by molar-refractivity contribution is -0.142. The first-order valence-electron chi connectivity index (χ1n) is 6.83. The van der Waals surface area contributed by atoms with Gasteiger partial charge in [-0.1, -0.05) is 23.7 Å². The SMILES string of the molecule is O=C(CCCc1ccc(Cl)cc1)NC(C(=O)O)C1CC1. The van der Waals surface area contributed by atoms with Crippen LogP contribution in [-0.4, -0.2) is 23.0 Å². The smallest absolute Gasteiger partial charge is 0.326 e. The van der Waals surface area contributed by atoms with Crippen molar-refractivity contribution in [2.45, 2.75) is 38.1 Å². The number of hydrogen-bond acceptors (Lipinski definition) is 2. The predicted octanol–water partition coefficient (Wildman–Crippen LogP) is 2.64. The number of carbonyl (C=O) groups excluding carboxylic acids is 1. The maximum absolute atomic E-state index is 11.7. The molecule has 20 heavy (non-hydrogen) atoms. The summed E-state index contributed by atoms with van der Waals surface area (Å²) < 4.78 is 0. The van der Waals surface area contributed by atoms with Crippen molar-refractivity contribution in [2.24, 2.45) is 5.92 Å². The van der Waals surface area contributed by atoms with Gasteiger partial charge in [0.05, 0.1) is 0 Å². The van der Waals surface area contributed by atoms with Crippen LogP contribution in [0.3, 0.4) is 0 Å². The molecule has 1 aromatic carbocycles. The third-order valence-corrected chi connectivity index (χ3v) is 3.71. The normalized spacial score (nSPS) is 15.7. The van der Waals surface area contributed by atoms with Gasteiger partial charge < -0.3 is 10.4 Å². The van der Waals surface area contributed by atoms with Crippen molar-refractivity contribution >= 4 is 23.5 Å². The van der Waals surface area contributed by atoms with Gasteiger partial charge in [0.25, 0.3) is 0 Å². The number of aliphatic carboxylic acids is 1. The average Bonchev–Trinajstić information content (AvgIpc) is 3.22. The van der Waals surface area contributed by atoms with Gasteiger partial charge in [0.2, 0.25) is 5.91 Å². The third-order valence-electron chi connectivity index (χ3n) is 3.46. The number of aryl methyl sites for hydroxylation is 1. The number of benzene rings is 1. The summed E-state index contributed by atoms with van der Waals surface area (Å²) in [6, 6.07) is 6.81. The molecule has 0 bridgehead atoms. The van der Waals surface area contributed by atoms with Crippen molar-refractivity contribution in [2.75, 3.05) is 0 Å². The van der Waals surface area contributed by atoms with E-state index in [0.717, 1.165) is 24.8 Å². The molecule has 1 fully saturated rings. The van der Waals surface area contributed by atoms with Gasteiger partial charge in [-0.25, -0.2) is 4.79 Å². The van der Waals surface area contributed by atoms with Crippen LogP contribution in [-0.2, 0) is 16.0 Å². The Labute approximate surface area is 123 Å².